The van der Waals surface area contributed by atoms with Crippen molar-refractivity contribution in [2.24, 2.45) is 0 Å². The van der Waals surface area contributed by atoms with Crippen LogP contribution in [-0.4, -0.2) is 49.5 Å². The zero-order chi connectivity index (χ0) is 30.0. The molecule has 7 nitrogen and oxygen atoms in total. The minimum Gasteiger partial charge on any atom is -0.357 e. The molecule has 2 fully saturated rings. The molecular formula is C31H31Cl2FN2O5S. The number of nitrogens with zero attached hydrogens (tertiary/aromatic N) is 2. The molecule has 0 spiro atoms. The van der Waals surface area contributed by atoms with E-state index in [0.717, 1.165) is 4.31 Å². The average Bonchev–Trinajstić information content (AvgIpc) is 3.83. The predicted molar refractivity (Wildman–Crippen MR) is 161 cm³/mol. The van der Waals surface area contributed by atoms with Gasteiger partial charge in [-0.25, -0.2) is 12.8 Å². The number of ether oxygens (including phenoxy) is 1. The molecule has 0 bridgehead atoms. The third-order valence-corrected chi connectivity index (χ3v) is 10.5. The summed E-state index contributed by atoms with van der Waals surface area (Å²) in [4.78, 5) is 27.4. The number of carbonyl (C=O) groups is 2. The Balaban J connectivity index is 1.65. The van der Waals surface area contributed by atoms with Gasteiger partial charge in [0.15, 0.2) is 0 Å². The highest BCUT2D eigenvalue weighted by Gasteiger charge is 2.48. The number of carbonyl (C=O) groups excluding carboxylic acids is 2. The van der Waals surface area contributed by atoms with Gasteiger partial charge in [-0.1, -0.05) is 66.5 Å². The molecule has 0 aromatic heterocycles. The first kappa shape index (κ1) is 30.5. The molecule has 1 saturated carbocycles. The molecule has 0 N–H and O–H groups in total. The first-order chi connectivity index (χ1) is 20.1. The van der Waals surface area contributed by atoms with Crippen LogP contribution in [0.25, 0.3) is 0 Å². The fraction of sp³-hybridized carbons (Fsp3) is 0.355. The van der Waals surface area contributed by atoms with Crippen molar-refractivity contribution < 1.29 is 27.1 Å². The number of morpholine rings is 1. The van der Waals surface area contributed by atoms with Gasteiger partial charge in [0, 0.05) is 16.5 Å². The summed E-state index contributed by atoms with van der Waals surface area (Å²) in [5, 5.41) is 0.360. The second-order valence-corrected chi connectivity index (χ2v) is 13.5. The Morgan fingerprint density at radius 1 is 1.02 bits per heavy atom. The molecule has 42 heavy (non-hydrogen) atoms. The van der Waals surface area contributed by atoms with Crippen molar-refractivity contribution in [3.05, 3.63) is 99.8 Å². The van der Waals surface area contributed by atoms with Gasteiger partial charge in [0.05, 0.1) is 29.6 Å². The third-order valence-electron chi connectivity index (χ3n) is 7.74. The van der Waals surface area contributed by atoms with Crippen LogP contribution >= 0.6 is 23.2 Å². The number of hydrogen-bond donors (Lipinski definition) is 0. The van der Waals surface area contributed by atoms with Crippen LogP contribution in [0.4, 0.5) is 10.1 Å². The minimum atomic E-state index is -3.91. The summed E-state index contributed by atoms with van der Waals surface area (Å²) in [5.74, 6) is -1.13. The van der Waals surface area contributed by atoms with E-state index in [0.29, 0.717) is 46.7 Å². The smallest absolute Gasteiger partial charge is 0.253 e. The van der Waals surface area contributed by atoms with Gasteiger partial charge in [-0.05, 0) is 66.8 Å². The fourth-order valence-electron chi connectivity index (χ4n) is 5.49. The molecule has 5 rings (SSSR count). The lowest BCUT2D eigenvalue weighted by atomic mass is 9.89. The second-order valence-electron chi connectivity index (χ2n) is 10.5. The van der Waals surface area contributed by atoms with E-state index in [1.807, 2.05) is 13.0 Å². The SMILES string of the molecule is CC[C@@H](CN(c1ccccc1F)S(=O)(=O)C1CC1)N1C(=O)[C@H](CC=O)O[C@H](c2cccc(Cl)c2)[C@H]1c1ccc(Cl)cc1. The Morgan fingerprint density at radius 2 is 1.74 bits per heavy atom. The quantitative estimate of drug-likeness (QED) is 0.225. The fourth-order valence-corrected chi connectivity index (χ4v) is 7.71. The molecule has 11 heteroatoms. The number of aldehydes is 1. The molecule has 1 aliphatic carbocycles. The van der Waals surface area contributed by atoms with Crippen LogP contribution < -0.4 is 4.31 Å². The molecule has 4 atom stereocenters. The van der Waals surface area contributed by atoms with Crippen LogP contribution in [0.2, 0.25) is 10.0 Å². The lowest BCUT2D eigenvalue weighted by molar-refractivity contribution is -0.180. The summed E-state index contributed by atoms with van der Waals surface area (Å²) in [5.41, 5.74) is 1.31. The molecule has 1 heterocycles. The van der Waals surface area contributed by atoms with Gasteiger partial charge in [0.1, 0.15) is 24.3 Å². The van der Waals surface area contributed by atoms with Gasteiger partial charge in [-0.15, -0.1) is 0 Å². The number of rotatable bonds is 11. The molecule has 1 amide bonds. The number of amides is 1. The van der Waals surface area contributed by atoms with Crippen LogP contribution in [0.5, 0.6) is 0 Å². The molecule has 0 radical (unpaired) electrons. The number of para-hydroxylation sites is 1. The van der Waals surface area contributed by atoms with Gasteiger partial charge in [0.25, 0.3) is 5.91 Å². The largest absolute Gasteiger partial charge is 0.357 e. The molecule has 1 aliphatic heterocycles. The van der Waals surface area contributed by atoms with Gasteiger partial charge < -0.3 is 14.4 Å². The van der Waals surface area contributed by atoms with Crippen LogP contribution in [0.1, 0.15) is 55.9 Å². The number of halogens is 3. The lowest BCUT2D eigenvalue weighted by Gasteiger charge is -2.48. The zero-order valence-corrected chi connectivity index (χ0v) is 25.2. The first-order valence-corrected chi connectivity index (χ1v) is 16.1. The molecule has 3 aromatic carbocycles. The van der Waals surface area contributed by atoms with Crippen molar-refractivity contribution >= 4 is 51.1 Å². The highest BCUT2D eigenvalue weighted by atomic mass is 35.5. The Hall–Kier alpha value is -2.98. The highest BCUT2D eigenvalue weighted by molar-refractivity contribution is 7.93. The van der Waals surface area contributed by atoms with E-state index in [4.69, 9.17) is 27.9 Å². The van der Waals surface area contributed by atoms with E-state index in [2.05, 4.69) is 0 Å². The molecule has 3 aromatic rings. The van der Waals surface area contributed by atoms with Gasteiger partial charge in [-0.2, -0.15) is 0 Å². The Morgan fingerprint density at radius 3 is 2.36 bits per heavy atom. The van der Waals surface area contributed by atoms with E-state index in [1.54, 1.807) is 53.4 Å². The maximum absolute atomic E-state index is 15.1. The number of benzene rings is 3. The molecule has 1 saturated heterocycles. The average molecular weight is 634 g/mol. The van der Waals surface area contributed by atoms with Crippen LogP contribution in [0.15, 0.2) is 72.8 Å². The summed E-state index contributed by atoms with van der Waals surface area (Å²) in [6.07, 6.45) is -0.0828. The highest BCUT2D eigenvalue weighted by Crippen LogP contribution is 2.45. The standard InChI is InChI=1S/C31H31Cl2FN2O5S/c1-2-24(19-35(42(39,40)25-14-15-25)27-9-4-3-8-26(27)34)36-29(20-10-12-22(32)13-11-20)30(21-6-5-7-23(33)18-21)41-28(16-17-37)31(36)38/h3-13,17-18,24-25,28-30H,2,14-16,19H2,1H3/t24-,28-,29+,30+/m0/s1. The summed E-state index contributed by atoms with van der Waals surface area (Å²) >= 11 is 12.6. The third kappa shape index (κ3) is 6.20. The molecular weight excluding hydrogens is 602 g/mol. The second kappa shape index (κ2) is 12.7. The maximum atomic E-state index is 15.1. The predicted octanol–water partition coefficient (Wildman–Crippen LogP) is 6.51. The van der Waals surface area contributed by atoms with E-state index in [-0.39, 0.29) is 18.7 Å². The van der Waals surface area contributed by atoms with Crippen LogP contribution in [0.3, 0.4) is 0 Å². The van der Waals surface area contributed by atoms with Gasteiger partial charge in [-0.3, -0.25) is 9.10 Å². The Kier molecular flexibility index (Phi) is 9.23. The Labute approximate surface area is 255 Å². The number of anilines is 1. The molecule has 2 aliphatic rings. The summed E-state index contributed by atoms with van der Waals surface area (Å²) in [7, 11) is -3.91. The maximum Gasteiger partial charge on any atom is 0.253 e. The number of hydrogen-bond acceptors (Lipinski definition) is 5. The molecule has 0 unspecified atom stereocenters. The van der Waals surface area contributed by atoms with Gasteiger partial charge in [0.2, 0.25) is 10.0 Å². The lowest BCUT2D eigenvalue weighted by Crippen LogP contribution is -2.58. The van der Waals surface area contributed by atoms with E-state index < -0.39 is 51.3 Å². The van der Waals surface area contributed by atoms with Crippen molar-refractivity contribution in [2.45, 2.75) is 62.1 Å². The minimum absolute atomic E-state index is 0.0672. The summed E-state index contributed by atoms with van der Waals surface area (Å²) < 4.78 is 49.9. The zero-order valence-electron chi connectivity index (χ0n) is 22.9. The van der Waals surface area contributed by atoms with Crippen molar-refractivity contribution in [3.8, 4) is 0 Å². The van der Waals surface area contributed by atoms with Gasteiger partial charge >= 0.3 is 0 Å². The normalized spacial score (nSPS) is 21.7. The number of sulfonamides is 1. The van der Waals surface area contributed by atoms with E-state index in [9.17, 15) is 18.0 Å². The van der Waals surface area contributed by atoms with Crippen molar-refractivity contribution in [3.63, 3.8) is 0 Å². The first-order valence-electron chi connectivity index (χ1n) is 13.8. The van der Waals surface area contributed by atoms with Crippen LogP contribution in [0, 0.1) is 5.82 Å². The monoisotopic (exact) mass is 632 g/mol. The van der Waals surface area contributed by atoms with E-state index >= 15 is 4.39 Å². The summed E-state index contributed by atoms with van der Waals surface area (Å²) in [6, 6.07) is 18.4. The van der Waals surface area contributed by atoms with Crippen molar-refractivity contribution in [1.82, 2.24) is 4.90 Å². The van der Waals surface area contributed by atoms with E-state index in [1.165, 1.54) is 18.2 Å². The molecule has 222 valence electrons. The summed E-state index contributed by atoms with van der Waals surface area (Å²) in [6.45, 7) is 1.67. The van der Waals surface area contributed by atoms with Crippen molar-refractivity contribution in [2.75, 3.05) is 10.8 Å². The van der Waals surface area contributed by atoms with Crippen molar-refractivity contribution in [1.29, 1.82) is 0 Å². The topological polar surface area (TPSA) is 84.0 Å². The van der Waals surface area contributed by atoms with Crippen LogP contribution in [-0.2, 0) is 24.3 Å². The Bertz CT molecular complexity index is 1550.